The van der Waals surface area contributed by atoms with E-state index in [9.17, 15) is 4.79 Å². The minimum Gasteiger partial charge on any atom is -0.324 e. The smallest absolute Gasteiger partial charge is 0.274 e. The minimum atomic E-state index is -0.339. The molecule has 0 saturated carbocycles. The molecule has 0 radical (unpaired) electrons. The summed E-state index contributed by atoms with van der Waals surface area (Å²) in [7, 11) is 0. The summed E-state index contributed by atoms with van der Waals surface area (Å²) in [5, 5.41) is 14.8. The van der Waals surface area contributed by atoms with Gasteiger partial charge in [-0.25, -0.2) is 9.97 Å². The molecule has 0 spiro atoms. The van der Waals surface area contributed by atoms with Crippen LogP contribution in [0.1, 0.15) is 32.9 Å². The van der Waals surface area contributed by atoms with Crippen LogP contribution in [0.3, 0.4) is 0 Å². The summed E-state index contributed by atoms with van der Waals surface area (Å²) in [6, 6.07) is 16.3. The number of carbonyl (C=O) groups is 1. The Bertz CT molecular complexity index is 1040. The van der Waals surface area contributed by atoms with Crippen molar-refractivity contribution in [2.75, 3.05) is 10.6 Å². The molecule has 0 aliphatic carbocycles. The van der Waals surface area contributed by atoms with Gasteiger partial charge in [-0.15, -0.1) is 0 Å². The standard InChI is InChI=1S/C21H19N5O/c1-13-4-7-18(10-14(13)2)25-21-23-15(3)11-19(26-21)20(27)24-17-8-5-16(12-22)6-9-17/h4-11H,1-3H3,(H,24,27)(H,23,25,26). The molecule has 2 aromatic carbocycles. The van der Waals surface area contributed by atoms with E-state index in [1.165, 1.54) is 5.56 Å². The van der Waals surface area contributed by atoms with Crippen LogP contribution in [0.4, 0.5) is 17.3 Å². The predicted octanol–water partition coefficient (Wildman–Crippen LogP) is 4.27. The van der Waals surface area contributed by atoms with Gasteiger partial charge in [-0.2, -0.15) is 5.26 Å². The van der Waals surface area contributed by atoms with Crippen LogP contribution in [0.2, 0.25) is 0 Å². The Morgan fingerprint density at radius 2 is 1.63 bits per heavy atom. The second-order valence-electron chi connectivity index (χ2n) is 6.29. The van der Waals surface area contributed by atoms with E-state index in [0.717, 1.165) is 11.3 Å². The topological polar surface area (TPSA) is 90.7 Å². The van der Waals surface area contributed by atoms with Crippen molar-refractivity contribution in [3.63, 3.8) is 0 Å². The maximum Gasteiger partial charge on any atom is 0.274 e. The molecule has 6 heteroatoms. The Hall–Kier alpha value is -3.72. The largest absolute Gasteiger partial charge is 0.324 e. The molecule has 27 heavy (non-hydrogen) atoms. The number of rotatable bonds is 4. The number of anilines is 3. The van der Waals surface area contributed by atoms with Crippen LogP contribution >= 0.6 is 0 Å². The first-order valence-corrected chi connectivity index (χ1v) is 8.46. The first-order chi connectivity index (χ1) is 12.9. The zero-order valence-electron chi connectivity index (χ0n) is 15.4. The van der Waals surface area contributed by atoms with Gasteiger partial charge < -0.3 is 10.6 Å². The summed E-state index contributed by atoms with van der Waals surface area (Å²) >= 11 is 0. The van der Waals surface area contributed by atoms with Gasteiger partial charge in [0.1, 0.15) is 5.69 Å². The maximum atomic E-state index is 12.5. The molecule has 0 bridgehead atoms. The normalized spacial score (nSPS) is 10.1. The van der Waals surface area contributed by atoms with E-state index in [4.69, 9.17) is 5.26 Å². The van der Waals surface area contributed by atoms with Crippen LogP contribution in [0.5, 0.6) is 0 Å². The Balaban J connectivity index is 1.80. The van der Waals surface area contributed by atoms with Crippen LogP contribution in [-0.4, -0.2) is 15.9 Å². The first kappa shape index (κ1) is 18.1. The van der Waals surface area contributed by atoms with E-state index >= 15 is 0 Å². The molecule has 2 N–H and O–H groups in total. The van der Waals surface area contributed by atoms with Crippen molar-refractivity contribution < 1.29 is 4.79 Å². The van der Waals surface area contributed by atoms with Crippen LogP contribution in [0.25, 0.3) is 0 Å². The van der Waals surface area contributed by atoms with Gasteiger partial charge in [0.25, 0.3) is 5.91 Å². The molecule has 0 unspecified atom stereocenters. The lowest BCUT2D eigenvalue weighted by atomic mass is 10.1. The van der Waals surface area contributed by atoms with E-state index < -0.39 is 0 Å². The van der Waals surface area contributed by atoms with Crippen LogP contribution in [-0.2, 0) is 0 Å². The minimum absolute atomic E-state index is 0.262. The van der Waals surface area contributed by atoms with Crippen LogP contribution in [0, 0.1) is 32.1 Å². The molecule has 1 heterocycles. The average Bonchev–Trinajstić information content (AvgIpc) is 2.65. The lowest BCUT2D eigenvalue weighted by Crippen LogP contribution is -2.15. The quantitative estimate of drug-likeness (QED) is 0.728. The van der Waals surface area contributed by atoms with Gasteiger partial charge in [0, 0.05) is 17.1 Å². The van der Waals surface area contributed by atoms with Gasteiger partial charge in [0.05, 0.1) is 11.6 Å². The van der Waals surface area contributed by atoms with Gasteiger partial charge in [-0.05, 0) is 74.4 Å². The summed E-state index contributed by atoms with van der Waals surface area (Å²) in [5.41, 5.74) is 5.30. The zero-order chi connectivity index (χ0) is 19.4. The molecule has 134 valence electrons. The number of amides is 1. The van der Waals surface area contributed by atoms with Gasteiger partial charge >= 0.3 is 0 Å². The molecule has 3 aromatic rings. The van der Waals surface area contributed by atoms with E-state index in [0.29, 0.717) is 22.9 Å². The fourth-order valence-electron chi connectivity index (χ4n) is 2.51. The Kier molecular flexibility index (Phi) is 5.13. The number of benzene rings is 2. The molecule has 0 aliphatic heterocycles. The number of hydrogen-bond acceptors (Lipinski definition) is 5. The number of carbonyl (C=O) groups excluding carboxylic acids is 1. The van der Waals surface area contributed by atoms with E-state index in [1.807, 2.05) is 45.0 Å². The van der Waals surface area contributed by atoms with Crippen LogP contribution < -0.4 is 10.6 Å². The summed E-state index contributed by atoms with van der Waals surface area (Å²) in [4.78, 5) is 21.2. The van der Waals surface area contributed by atoms with Crippen LogP contribution in [0.15, 0.2) is 48.5 Å². The average molecular weight is 357 g/mol. The number of aromatic nitrogens is 2. The molecule has 0 atom stereocenters. The Morgan fingerprint density at radius 3 is 2.30 bits per heavy atom. The summed E-state index contributed by atoms with van der Waals surface area (Å²) in [6.45, 7) is 5.90. The maximum absolute atomic E-state index is 12.5. The Morgan fingerprint density at radius 1 is 0.926 bits per heavy atom. The van der Waals surface area contributed by atoms with E-state index in [1.54, 1.807) is 30.3 Å². The van der Waals surface area contributed by atoms with Crippen molar-refractivity contribution in [1.82, 2.24) is 9.97 Å². The number of hydrogen-bond donors (Lipinski definition) is 2. The number of nitriles is 1. The van der Waals surface area contributed by atoms with E-state index in [2.05, 4.69) is 20.6 Å². The fraction of sp³-hybridized carbons (Fsp3) is 0.143. The molecule has 1 amide bonds. The lowest BCUT2D eigenvalue weighted by molar-refractivity contribution is 0.102. The van der Waals surface area contributed by atoms with Gasteiger partial charge in [-0.1, -0.05) is 6.07 Å². The van der Waals surface area contributed by atoms with Crippen molar-refractivity contribution in [2.45, 2.75) is 20.8 Å². The predicted molar refractivity (Wildman–Crippen MR) is 105 cm³/mol. The van der Waals surface area contributed by atoms with Gasteiger partial charge in [0.15, 0.2) is 0 Å². The highest BCUT2D eigenvalue weighted by molar-refractivity contribution is 6.03. The molecule has 0 aliphatic rings. The highest BCUT2D eigenvalue weighted by Crippen LogP contribution is 2.18. The highest BCUT2D eigenvalue weighted by atomic mass is 16.1. The van der Waals surface area contributed by atoms with Crippen molar-refractivity contribution in [2.24, 2.45) is 0 Å². The first-order valence-electron chi connectivity index (χ1n) is 8.46. The fourth-order valence-corrected chi connectivity index (χ4v) is 2.51. The third-order valence-electron chi connectivity index (χ3n) is 4.12. The zero-order valence-corrected chi connectivity index (χ0v) is 15.4. The molecular weight excluding hydrogens is 338 g/mol. The van der Waals surface area contributed by atoms with Crippen molar-refractivity contribution >= 4 is 23.2 Å². The number of nitrogens with zero attached hydrogens (tertiary/aromatic N) is 3. The molecule has 1 aromatic heterocycles. The lowest BCUT2D eigenvalue weighted by Gasteiger charge is -2.10. The van der Waals surface area contributed by atoms with Gasteiger partial charge in [0.2, 0.25) is 5.95 Å². The van der Waals surface area contributed by atoms with Gasteiger partial charge in [-0.3, -0.25) is 4.79 Å². The summed E-state index contributed by atoms with van der Waals surface area (Å²) in [5.74, 6) is 0.0246. The third kappa shape index (κ3) is 4.47. The van der Waals surface area contributed by atoms with E-state index in [-0.39, 0.29) is 11.6 Å². The Labute approximate surface area is 157 Å². The van der Waals surface area contributed by atoms with Crippen molar-refractivity contribution in [3.05, 3.63) is 76.6 Å². The van der Waals surface area contributed by atoms with Crippen molar-refractivity contribution in [1.29, 1.82) is 5.26 Å². The molecule has 0 saturated heterocycles. The molecule has 3 rings (SSSR count). The van der Waals surface area contributed by atoms with Crippen molar-refractivity contribution in [3.8, 4) is 6.07 Å². The third-order valence-corrected chi connectivity index (χ3v) is 4.12. The monoisotopic (exact) mass is 357 g/mol. The second kappa shape index (κ2) is 7.67. The second-order valence-corrected chi connectivity index (χ2v) is 6.29. The molecule has 0 fully saturated rings. The number of aryl methyl sites for hydroxylation is 3. The SMILES string of the molecule is Cc1cc(C(=O)Nc2ccc(C#N)cc2)nc(Nc2ccc(C)c(C)c2)n1. The summed E-state index contributed by atoms with van der Waals surface area (Å²) in [6.07, 6.45) is 0. The highest BCUT2D eigenvalue weighted by Gasteiger charge is 2.11. The molecular formula is C21H19N5O. The summed E-state index contributed by atoms with van der Waals surface area (Å²) < 4.78 is 0. The molecule has 6 nitrogen and oxygen atoms in total. The number of nitrogens with one attached hydrogen (secondary N) is 2.